The van der Waals surface area contributed by atoms with Gasteiger partial charge in [0.15, 0.2) is 5.82 Å². The van der Waals surface area contributed by atoms with Gasteiger partial charge in [0, 0.05) is 10.5 Å². The minimum absolute atomic E-state index is 0.303. The number of halogens is 1. The summed E-state index contributed by atoms with van der Waals surface area (Å²) in [5.74, 6) is 0.951. The van der Waals surface area contributed by atoms with Gasteiger partial charge in [0.25, 0.3) is 0 Å². The second-order valence-corrected chi connectivity index (χ2v) is 6.58. The fourth-order valence-corrected chi connectivity index (χ4v) is 3.84. The van der Waals surface area contributed by atoms with Crippen LogP contribution >= 0.6 is 27.3 Å². The van der Waals surface area contributed by atoms with E-state index in [0.29, 0.717) is 11.6 Å². The number of rotatable bonds is 2. The second kappa shape index (κ2) is 5.04. The summed E-state index contributed by atoms with van der Waals surface area (Å²) in [7, 11) is 0. The zero-order valence-corrected chi connectivity index (χ0v) is 13.5. The largest absolute Gasteiger partial charge is 0.321 e. The van der Waals surface area contributed by atoms with Crippen LogP contribution in [0.3, 0.4) is 0 Å². The predicted molar refractivity (Wildman–Crippen MR) is 85.8 cm³/mol. The first kappa shape index (κ1) is 13.3. The first-order valence-electron chi connectivity index (χ1n) is 6.27. The standard InChI is InChI=1S/C15H12BrN3S/c1-9(2)19-13-4-3-10(8-17)7-12(13)18-15(19)14-11(16)5-6-20-14/h3-7,9H,1-2H3. The number of imidazole rings is 1. The minimum Gasteiger partial charge on any atom is -0.321 e. The fraction of sp³-hybridized carbons (Fsp3) is 0.200. The van der Waals surface area contributed by atoms with E-state index in [0.717, 1.165) is 26.2 Å². The molecular weight excluding hydrogens is 334 g/mol. The van der Waals surface area contributed by atoms with E-state index < -0.39 is 0 Å². The van der Waals surface area contributed by atoms with E-state index in [2.05, 4.69) is 40.4 Å². The molecule has 5 heteroatoms. The third kappa shape index (κ3) is 2.05. The molecule has 2 heterocycles. The maximum atomic E-state index is 9.02. The van der Waals surface area contributed by atoms with Gasteiger partial charge in [-0.15, -0.1) is 11.3 Å². The third-order valence-electron chi connectivity index (χ3n) is 3.16. The van der Waals surface area contributed by atoms with Crippen molar-refractivity contribution < 1.29 is 0 Å². The van der Waals surface area contributed by atoms with E-state index in [1.54, 1.807) is 11.3 Å². The Bertz CT molecular complexity index is 823. The van der Waals surface area contributed by atoms with E-state index in [-0.39, 0.29) is 0 Å². The Morgan fingerprint density at radius 3 is 2.75 bits per heavy atom. The molecule has 0 bridgehead atoms. The molecule has 3 nitrogen and oxygen atoms in total. The lowest BCUT2D eigenvalue weighted by molar-refractivity contribution is 0.625. The molecule has 0 radical (unpaired) electrons. The van der Waals surface area contributed by atoms with Gasteiger partial charge in [0.05, 0.1) is 27.5 Å². The van der Waals surface area contributed by atoms with Gasteiger partial charge in [0.2, 0.25) is 0 Å². The average Bonchev–Trinajstić information content (AvgIpc) is 3.00. The van der Waals surface area contributed by atoms with Gasteiger partial charge in [-0.05, 0) is 59.4 Å². The molecule has 0 saturated heterocycles. The van der Waals surface area contributed by atoms with Crippen LogP contribution in [0.25, 0.3) is 21.7 Å². The van der Waals surface area contributed by atoms with Crippen molar-refractivity contribution in [3.8, 4) is 16.8 Å². The smallest absolute Gasteiger partial charge is 0.152 e. The molecule has 0 N–H and O–H groups in total. The Balaban J connectivity index is 2.34. The Labute approximate surface area is 129 Å². The van der Waals surface area contributed by atoms with Gasteiger partial charge < -0.3 is 4.57 Å². The second-order valence-electron chi connectivity index (χ2n) is 4.81. The quantitative estimate of drug-likeness (QED) is 0.657. The number of hydrogen-bond donors (Lipinski definition) is 0. The van der Waals surface area contributed by atoms with E-state index in [1.807, 2.05) is 29.6 Å². The van der Waals surface area contributed by atoms with Crippen molar-refractivity contribution in [3.63, 3.8) is 0 Å². The van der Waals surface area contributed by atoms with Crippen molar-refractivity contribution in [3.05, 3.63) is 39.7 Å². The van der Waals surface area contributed by atoms with Crippen molar-refractivity contribution in [2.45, 2.75) is 19.9 Å². The van der Waals surface area contributed by atoms with Gasteiger partial charge in [-0.3, -0.25) is 0 Å². The van der Waals surface area contributed by atoms with E-state index in [9.17, 15) is 0 Å². The summed E-state index contributed by atoms with van der Waals surface area (Å²) in [5.41, 5.74) is 2.57. The van der Waals surface area contributed by atoms with Gasteiger partial charge in [-0.25, -0.2) is 4.98 Å². The van der Waals surface area contributed by atoms with Crippen molar-refractivity contribution in [2.24, 2.45) is 0 Å². The molecule has 1 aromatic carbocycles. The lowest BCUT2D eigenvalue weighted by atomic mass is 10.2. The molecule has 0 fully saturated rings. The third-order valence-corrected chi connectivity index (χ3v) is 4.99. The number of benzene rings is 1. The molecule has 0 unspecified atom stereocenters. The van der Waals surface area contributed by atoms with Gasteiger partial charge >= 0.3 is 0 Å². The summed E-state index contributed by atoms with van der Waals surface area (Å²) in [4.78, 5) is 5.86. The van der Waals surface area contributed by atoms with Crippen molar-refractivity contribution >= 4 is 38.3 Å². The lowest BCUT2D eigenvalue weighted by Crippen LogP contribution is -2.02. The molecule has 0 atom stereocenters. The van der Waals surface area contributed by atoms with Crippen molar-refractivity contribution in [2.75, 3.05) is 0 Å². The first-order valence-corrected chi connectivity index (χ1v) is 7.94. The molecular formula is C15H12BrN3S. The molecule has 3 aromatic rings. The predicted octanol–water partition coefficient (Wildman–Crippen LogP) is 4.98. The highest BCUT2D eigenvalue weighted by molar-refractivity contribution is 9.10. The van der Waals surface area contributed by atoms with Crippen LogP contribution in [0.15, 0.2) is 34.1 Å². The summed E-state index contributed by atoms with van der Waals surface area (Å²) in [6.45, 7) is 4.29. The van der Waals surface area contributed by atoms with Crippen molar-refractivity contribution in [1.29, 1.82) is 5.26 Å². The van der Waals surface area contributed by atoms with Crippen LogP contribution in [0, 0.1) is 11.3 Å². The molecule has 100 valence electrons. The van der Waals surface area contributed by atoms with Crippen LogP contribution in [-0.2, 0) is 0 Å². The number of fused-ring (bicyclic) bond motifs is 1. The topological polar surface area (TPSA) is 41.6 Å². The highest BCUT2D eigenvalue weighted by Gasteiger charge is 2.18. The Hall–Kier alpha value is -1.64. The molecule has 0 aliphatic heterocycles. The summed E-state index contributed by atoms with van der Waals surface area (Å²) < 4.78 is 3.27. The van der Waals surface area contributed by atoms with Gasteiger partial charge in [0.1, 0.15) is 0 Å². The maximum absolute atomic E-state index is 9.02. The van der Waals surface area contributed by atoms with Crippen LogP contribution in [0.2, 0.25) is 0 Å². The molecule has 0 spiro atoms. The molecule has 0 aliphatic carbocycles. The molecule has 2 aromatic heterocycles. The highest BCUT2D eigenvalue weighted by Crippen LogP contribution is 2.36. The Morgan fingerprint density at radius 1 is 1.35 bits per heavy atom. The van der Waals surface area contributed by atoms with Crippen LogP contribution in [-0.4, -0.2) is 9.55 Å². The Kier molecular flexibility index (Phi) is 3.36. The maximum Gasteiger partial charge on any atom is 0.152 e. The summed E-state index contributed by atoms with van der Waals surface area (Å²) >= 11 is 5.24. The molecule has 0 amide bonds. The highest BCUT2D eigenvalue weighted by atomic mass is 79.9. The lowest BCUT2D eigenvalue weighted by Gasteiger charge is -2.12. The normalized spacial score (nSPS) is 11.2. The number of nitriles is 1. The Morgan fingerprint density at radius 2 is 2.15 bits per heavy atom. The van der Waals surface area contributed by atoms with E-state index in [4.69, 9.17) is 10.2 Å². The van der Waals surface area contributed by atoms with Crippen LogP contribution < -0.4 is 0 Å². The summed E-state index contributed by atoms with van der Waals surface area (Å²) in [5, 5.41) is 11.1. The van der Waals surface area contributed by atoms with Crippen molar-refractivity contribution in [1.82, 2.24) is 9.55 Å². The van der Waals surface area contributed by atoms with Crippen LogP contribution in [0.5, 0.6) is 0 Å². The van der Waals surface area contributed by atoms with Gasteiger partial charge in [-0.1, -0.05) is 0 Å². The number of nitrogens with zero attached hydrogens (tertiary/aromatic N) is 3. The molecule has 0 aliphatic rings. The van der Waals surface area contributed by atoms with E-state index >= 15 is 0 Å². The number of aromatic nitrogens is 2. The summed E-state index contributed by atoms with van der Waals surface area (Å²) in [6.07, 6.45) is 0. The number of thiophene rings is 1. The average molecular weight is 346 g/mol. The number of hydrogen-bond acceptors (Lipinski definition) is 3. The molecule has 0 saturated carbocycles. The zero-order chi connectivity index (χ0) is 14.3. The first-order chi connectivity index (χ1) is 9.61. The SMILES string of the molecule is CC(C)n1c(-c2sccc2Br)nc2cc(C#N)ccc21. The minimum atomic E-state index is 0.303. The van der Waals surface area contributed by atoms with Crippen LogP contribution in [0.1, 0.15) is 25.5 Å². The fourth-order valence-electron chi connectivity index (χ4n) is 2.30. The van der Waals surface area contributed by atoms with Crippen LogP contribution in [0.4, 0.5) is 0 Å². The summed E-state index contributed by atoms with van der Waals surface area (Å²) in [6, 6.07) is 10.2. The molecule has 3 rings (SSSR count). The van der Waals surface area contributed by atoms with Gasteiger partial charge in [-0.2, -0.15) is 5.26 Å². The monoisotopic (exact) mass is 345 g/mol. The zero-order valence-electron chi connectivity index (χ0n) is 11.1. The molecule has 20 heavy (non-hydrogen) atoms. The van der Waals surface area contributed by atoms with E-state index in [1.165, 1.54) is 0 Å².